The highest BCUT2D eigenvalue weighted by atomic mass is 19.4. The fourth-order valence-corrected chi connectivity index (χ4v) is 3.88. The molecule has 5 aromatic rings. The third-order valence-corrected chi connectivity index (χ3v) is 5.51. The van der Waals surface area contributed by atoms with E-state index in [-0.39, 0.29) is 17.6 Å². The standard InChI is InChI=1S/C25H18F4N6O2/c1-30-24-31-11-9-16(32-24)14-34-12-10-15(13-21(34)36)22-19-3-2-4-20(26)23(19)35(33-22)17-5-7-18(8-6-17)37-25(27,28)29/h2-13H,14H2,1H3,(H,30,31,32). The number of ether oxygens (including phenoxy) is 1. The second kappa shape index (κ2) is 9.37. The molecule has 0 amide bonds. The second-order valence-corrected chi connectivity index (χ2v) is 7.94. The van der Waals surface area contributed by atoms with Crippen LogP contribution in [0, 0.1) is 5.82 Å². The zero-order valence-corrected chi connectivity index (χ0v) is 19.2. The molecule has 5 rings (SSSR count). The van der Waals surface area contributed by atoms with Gasteiger partial charge in [-0.25, -0.2) is 19.0 Å². The maximum absolute atomic E-state index is 14.9. The predicted octanol–water partition coefficient (Wildman–Crippen LogP) is 4.77. The van der Waals surface area contributed by atoms with Crippen LogP contribution in [0.4, 0.5) is 23.5 Å². The Labute approximate surface area is 206 Å². The van der Waals surface area contributed by atoms with Crippen molar-refractivity contribution in [1.29, 1.82) is 0 Å². The maximum atomic E-state index is 14.9. The third kappa shape index (κ3) is 4.99. The van der Waals surface area contributed by atoms with Crippen LogP contribution < -0.4 is 15.6 Å². The van der Waals surface area contributed by atoms with Crippen LogP contribution in [0.1, 0.15) is 5.69 Å². The van der Waals surface area contributed by atoms with Crippen LogP contribution >= 0.6 is 0 Å². The number of pyridine rings is 1. The minimum absolute atomic E-state index is 0.117. The van der Waals surface area contributed by atoms with E-state index in [2.05, 4.69) is 25.1 Å². The Morgan fingerprint density at radius 2 is 1.84 bits per heavy atom. The molecule has 0 aliphatic rings. The summed E-state index contributed by atoms with van der Waals surface area (Å²) in [4.78, 5) is 21.3. The van der Waals surface area contributed by atoms with Gasteiger partial charge in [-0.1, -0.05) is 12.1 Å². The van der Waals surface area contributed by atoms with Gasteiger partial charge in [0, 0.05) is 36.5 Å². The van der Waals surface area contributed by atoms with E-state index < -0.39 is 17.9 Å². The SMILES string of the molecule is CNc1nccc(Cn2ccc(-c3nn(-c4ccc(OC(F)(F)F)cc4)c4c(F)cccc34)cc2=O)n1. The van der Waals surface area contributed by atoms with Crippen molar-refractivity contribution in [2.75, 3.05) is 12.4 Å². The smallest absolute Gasteiger partial charge is 0.406 e. The van der Waals surface area contributed by atoms with Crippen molar-refractivity contribution in [1.82, 2.24) is 24.3 Å². The first-order valence-electron chi connectivity index (χ1n) is 11.0. The van der Waals surface area contributed by atoms with Crippen LogP contribution in [-0.4, -0.2) is 37.7 Å². The number of rotatable bonds is 6. The van der Waals surface area contributed by atoms with Gasteiger partial charge in [-0.15, -0.1) is 13.2 Å². The van der Waals surface area contributed by atoms with Crippen LogP contribution in [0.15, 0.2) is 77.9 Å². The molecule has 1 N–H and O–H groups in total. The number of benzene rings is 2. The normalized spacial score (nSPS) is 11.6. The van der Waals surface area contributed by atoms with E-state index in [0.717, 1.165) is 12.1 Å². The lowest BCUT2D eigenvalue weighted by atomic mass is 10.1. The predicted molar refractivity (Wildman–Crippen MR) is 128 cm³/mol. The van der Waals surface area contributed by atoms with Crippen LogP contribution in [-0.2, 0) is 6.54 Å². The fraction of sp³-hybridized carbons (Fsp3) is 0.120. The molecule has 0 aliphatic carbocycles. The number of fused-ring (bicyclic) bond motifs is 1. The lowest BCUT2D eigenvalue weighted by Gasteiger charge is -2.10. The third-order valence-electron chi connectivity index (χ3n) is 5.51. The van der Waals surface area contributed by atoms with Crippen LogP contribution in [0.2, 0.25) is 0 Å². The van der Waals surface area contributed by atoms with Crippen molar-refractivity contribution in [2.45, 2.75) is 12.9 Å². The first-order chi connectivity index (χ1) is 17.7. The molecule has 0 saturated carbocycles. The number of anilines is 1. The summed E-state index contributed by atoms with van der Waals surface area (Å²) in [5.41, 5.74) is 1.53. The van der Waals surface area contributed by atoms with Crippen molar-refractivity contribution in [2.24, 2.45) is 0 Å². The number of hydrogen-bond donors (Lipinski definition) is 1. The molecule has 0 spiro atoms. The largest absolute Gasteiger partial charge is 0.573 e. The number of alkyl halides is 3. The highest BCUT2D eigenvalue weighted by molar-refractivity contribution is 5.94. The highest BCUT2D eigenvalue weighted by Crippen LogP contribution is 2.32. The molecule has 188 valence electrons. The Balaban J connectivity index is 1.53. The molecule has 0 atom stereocenters. The Hall–Kier alpha value is -4.74. The number of aromatic nitrogens is 5. The van der Waals surface area contributed by atoms with E-state index in [9.17, 15) is 22.4 Å². The van der Waals surface area contributed by atoms with E-state index in [4.69, 9.17) is 0 Å². The molecule has 12 heteroatoms. The maximum Gasteiger partial charge on any atom is 0.573 e. The average molecular weight is 510 g/mol. The Bertz CT molecular complexity index is 1640. The van der Waals surface area contributed by atoms with Crippen molar-refractivity contribution >= 4 is 16.9 Å². The van der Waals surface area contributed by atoms with Gasteiger partial charge in [-0.3, -0.25) is 4.79 Å². The summed E-state index contributed by atoms with van der Waals surface area (Å²) < 4.78 is 59.1. The number of para-hydroxylation sites is 1. The lowest BCUT2D eigenvalue weighted by molar-refractivity contribution is -0.274. The van der Waals surface area contributed by atoms with Gasteiger partial charge >= 0.3 is 6.36 Å². The zero-order valence-electron chi connectivity index (χ0n) is 19.2. The van der Waals surface area contributed by atoms with Crippen LogP contribution in [0.5, 0.6) is 5.75 Å². The average Bonchev–Trinajstić information content (AvgIpc) is 3.26. The Morgan fingerprint density at radius 3 is 2.54 bits per heavy atom. The molecule has 3 aromatic heterocycles. The molecular formula is C25H18F4N6O2. The van der Waals surface area contributed by atoms with Crippen molar-refractivity contribution < 1.29 is 22.3 Å². The first-order valence-corrected chi connectivity index (χ1v) is 11.0. The summed E-state index contributed by atoms with van der Waals surface area (Å²) in [7, 11) is 1.69. The summed E-state index contributed by atoms with van der Waals surface area (Å²) in [6.45, 7) is 0.215. The van der Waals surface area contributed by atoms with E-state index in [0.29, 0.717) is 34.0 Å². The molecule has 8 nitrogen and oxygen atoms in total. The van der Waals surface area contributed by atoms with Gasteiger partial charge in [-0.2, -0.15) is 5.10 Å². The molecule has 2 aromatic carbocycles. The van der Waals surface area contributed by atoms with Crippen molar-refractivity contribution in [3.63, 3.8) is 0 Å². The van der Waals surface area contributed by atoms with Crippen molar-refractivity contribution in [3.05, 3.63) is 94.9 Å². The number of halogens is 4. The Kier molecular flexibility index (Phi) is 6.07. The minimum Gasteiger partial charge on any atom is -0.406 e. The van der Waals surface area contributed by atoms with Gasteiger partial charge in [0.05, 0.1) is 17.9 Å². The molecule has 0 radical (unpaired) electrons. The monoisotopic (exact) mass is 510 g/mol. The van der Waals surface area contributed by atoms with Gasteiger partial charge in [0.2, 0.25) is 5.95 Å². The number of nitrogens with zero attached hydrogens (tertiary/aromatic N) is 5. The summed E-state index contributed by atoms with van der Waals surface area (Å²) >= 11 is 0. The molecule has 0 unspecified atom stereocenters. The topological polar surface area (TPSA) is 86.9 Å². The van der Waals surface area contributed by atoms with Gasteiger partial charge in [0.1, 0.15) is 22.8 Å². The van der Waals surface area contributed by atoms with Crippen LogP contribution in [0.3, 0.4) is 0 Å². The van der Waals surface area contributed by atoms with Gasteiger partial charge in [0.25, 0.3) is 5.56 Å². The molecule has 0 aliphatic heterocycles. The number of hydrogen-bond acceptors (Lipinski definition) is 6. The van der Waals surface area contributed by atoms with E-state index in [1.807, 2.05) is 0 Å². The van der Waals surface area contributed by atoms with E-state index in [1.165, 1.54) is 39.6 Å². The van der Waals surface area contributed by atoms with E-state index >= 15 is 0 Å². The minimum atomic E-state index is -4.83. The van der Waals surface area contributed by atoms with Gasteiger partial charge in [-0.05, 0) is 42.5 Å². The summed E-state index contributed by atoms with van der Waals surface area (Å²) in [6, 6.07) is 14.1. The molecule has 37 heavy (non-hydrogen) atoms. The van der Waals surface area contributed by atoms with Gasteiger partial charge < -0.3 is 14.6 Å². The lowest BCUT2D eigenvalue weighted by Crippen LogP contribution is -2.20. The molecule has 0 bridgehead atoms. The highest BCUT2D eigenvalue weighted by Gasteiger charge is 2.31. The summed E-state index contributed by atoms with van der Waals surface area (Å²) in [6.07, 6.45) is -1.66. The van der Waals surface area contributed by atoms with Gasteiger partial charge in [0.15, 0.2) is 0 Å². The quantitative estimate of drug-likeness (QED) is 0.331. The van der Waals surface area contributed by atoms with Crippen LogP contribution in [0.25, 0.3) is 27.8 Å². The molecule has 0 saturated heterocycles. The second-order valence-electron chi connectivity index (χ2n) is 7.94. The van der Waals surface area contributed by atoms with Crippen molar-refractivity contribution in [3.8, 4) is 22.7 Å². The van der Waals surface area contributed by atoms with E-state index in [1.54, 1.807) is 37.6 Å². The summed E-state index contributed by atoms with van der Waals surface area (Å²) in [5.74, 6) is -0.564. The summed E-state index contributed by atoms with van der Waals surface area (Å²) in [5, 5.41) is 7.78. The first kappa shape index (κ1) is 24.0. The number of nitrogens with one attached hydrogen (secondary N) is 1. The molecule has 3 heterocycles. The molecule has 0 fully saturated rings. The molecular weight excluding hydrogens is 492 g/mol. The Morgan fingerprint density at radius 1 is 1.05 bits per heavy atom. The zero-order chi connectivity index (χ0) is 26.2. The fourth-order valence-electron chi connectivity index (χ4n) is 3.88.